The Morgan fingerprint density at radius 1 is 1.60 bits per heavy atom. The fourth-order valence-corrected chi connectivity index (χ4v) is 4.23. The summed E-state index contributed by atoms with van der Waals surface area (Å²) in [5, 5.41) is 5.25. The molecule has 1 aliphatic heterocycles. The third-order valence-electron chi connectivity index (χ3n) is 3.99. The van der Waals surface area contributed by atoms with Crippen molar-refractivity contribution in [3.05, 3.63) is 16.4 Å². The van der Waals surface area contributed by atoms with Crippen LogP contribution in [0.5, 0.6) is 0 Å². The van der Waals surface area contributed by atoms with E-state index in [1.54, 1.807) is 0 Å². The lowest BCUT2D eigenvalue weighted by molar-refractivity contribution is 0.212. The van der Waals surface area contributed by atoms with Gasteiger partial charge in [0.1, 0.15) is 0 Å². The van der Waals surface area contributed by atoms with Gasteiger partial charge in [0.25, 0.3) is 0 Å². The molecule has 3 N–H and O–H groups in total. The minimum atomic E-state index is 0.187. The molecule has 1 fully saturated rings. The maximum absolute atomic E-state index is 6.40. The molecule has 1 aromatic heterocycles. The van der Waals surface area contributed by atoms with Crippen LogP contribution < -0.4 is 11.3 Å². The molecule has 1 aromatic rings. The molecule has 20 heavy (non-hydrogen) atoms. The minimum absolute atomic E-state index is 0.187. The molecule has 5 nitrogen and oxygen atoms in total. The topological polar surface area (TPSA) is 59.1 Å². The summed E-state index contributed by atoms with van der Waals surface area (Å²) in [6.45, 7) is 5.97. The Kier molecular flexibility index (Phi) is 5.74. The van der Waals surface area contributed by atoms with Crippen molar-refractivity contribution in [3.8, 4) is 0 Å². The van der Waals surface area contributed by atoms with Crippen LogP contribution >= 0.6 is 23.4 Å². The molecule has 114 valence electrons. The molecule has 1 aliphatic rings. The van der Waals surface area contributed by atoms with Crippen LogP contribution in [0.2, 0.25) is 5.02 Å². The number of hydrogen-bond acceptors (Lipinski definition) is 5. The molecule has 0 aromatic carbocycles. The van der Waals surface area contributed by atoms with Crippen LogP contribution in [0.25, 0.3) is 0 Å². The molecule has 1 saturated heterocycles. The lowest BCUT2D eigenvalue weighted by Gasteiger charge is -2.37. The number of thioether (sulfide) groups is 1. The maximum Gasteiger partial charge on any atom is 0.0847 e. The first-order valence-electron chi connectivity index (χ1n) is 7.04. The number of aryl methyl sites for hydroxylation is 2. The molecule has 2 rings (SSSR count). The van der Waals surface area contributed by atoms with Crippen molar-refractivity contribution >= 4 is 23.4 Å². The van der Waals surface area contributed by atoms with Crippen molar-refractivity contribution in [1.29, 1.82) is 0 Å². The molecule has 2 atom stereocenters. The highest BCUT2D eigenvalue weighted by Gasteiger charge is 2.29. The largest absolute Gasteiger partial charge is 0.300 e. The van der Waals surface area contributed by atoms with Gasteiger partial charge in [-0.25, -0.2) is 0 Å². The number of nitrogens with zero attached hydrogens (tertiary/aromatic N) is 3. The summed E-state index contributed by atoms with van der Waals surface area (Å²) >= 11 is 8.39. The van der Waals surface area contributed by atoms with E-state index in [0.717, 1.165) is 41.7 Å². The van der Waals surface area contributed by atoms with Crippen LogP contribution in [0.15, 0.2) is 0 Å². The van der Waals surface area contributed by atoms with E-state index in [1.807, 2.05) is 23.4 Å². The van der Waals surface area contributed by atoms with Crippen LogP contribution in [0.1, 0.15) is 18.3 Å². The zero-order valence-corrected chi connectivity index (χ0v) is 14.0. The minimum Gasteiger partial charge on any atom is -0.300 e. The van der Waals surface area contributed by atoms with Crippen LogP contribution in [0, 0.1) is 6.92 Å². The second-order valence-electron chi connectivity index (χ2n) is 5.26. The van der Waals surface area contributed by atoms with E-state index in [9.17, 15) is 0 Å². The average molecular weight is 318 g/mol. The molecular formula is C13H24ClN5S. The van der Waals surface area contributed by atoms with Gasteiger partial charge in [0.15, 0.2) is 0 Å². The van der Waals surface area contributed by atoms with E-state index in [1.165, 1.54) is 5.75 Å². The third kappa shape index (κ3) is 3.31. The summed E-state index contributed by atoms with van der Waals surface area (Å²) in [6, 6.07) is 0.613. The molecule has 2 unspecified atom stereocenters. The van der Waals surface area contributed by atoms with Gasteiger partial charge >= 0.3 is 0 Å². The first-order chi connectivity index (χ1) is 9.58. The summed E-state index contributed by atoms with van der Waals surface area (Å²) in [5.74, 6) is 8.09. The summed E-state index contributed by atoms with van der Waals surface area (Å²) in [4.78, 5) is 2.38. The predicted molar refractivity (Wildman–Crippen MR) is 86.2 cm³/mol. The Labute approximate surface area is 130 Å². The number of nitrogens with two attached hydrogens (primary N) is 1. The van der Waals surface area contributed by atoms with Crippen LogP contribution in [-0.4, -0.2) is 51.9 Å². The van der Waals surface area contributed by atoms with Crippen molar-refractivity contribution in [2.45, 2.75) is 38.9 Å². The van der Waals surface area contributed by atoms with E-state index in [0.29, 0.717) is 6.04 Å². The summed E-state index contributed by atoms with van der Waals surface area (Å²) < 4.78 is 1.98. The summed E-state index contributed by atoms with van der Waals surface area (Å²) in [5.41, 5.74) is 4.96. The molecule has 0 aliphatic carbocycles. The van der Waals surface area contributed by atoms with Crippen LogP contribution in [0.3, 0.4) is 0 Å². The van der Waals surface area contributed by atoms with Crippen LogP contribution in [-0.2, 0) is 13.0 Å². The number of hydrazine groups is 1. The van der Waals surface area contributed by atoms with E-state index in [-0.39, 0.29) is 6.04 Å². The molecular weight excluding hydrogens is 294 g/mol. The van der Waals surface area contributed by atoms with Crippen molar-refractivity contribution < 1.29 is 0 Å². The van der Waals surface area contributed by atoms with E-state index in [4.69, 9.17) is 17.4 Å². The van der Waals surface area contributed by atoms with Crippen LogP contribution in [0.4, 0.5) is 0 Å². The normalized spacial score (nSPS) is 22.1. The highest BCUT2D eigenvalue weighted by atomic mass is 35.5. The summed E-state index contributed by atoms with van der Waals surface area (Å²) in [7, 11) is 2.17. The van der Waals surface area contributed by atoms with E-state index >= 15 is 0 Å². The van der Waals surface area contributed by atoms with Crippen molar-refractivity contribution in [2.24, 2.45) is 5.84 Å². The monoisotopic (exact) mass is 317 g/mol. The van der Waals surface area contributed by atoms with Gasteiger partial charge in [-0.3, -0.25) is 16.0 Å². The van der Waals surface area contributed by atoms with E-state index in [2.05, 4.69) is 29.4 Å². The maximum atomic E-state index is 6.40. The fraction of sp³-hybridized carbons (Fsp3) is 0.769. The number of hydrogen-bond donors (Lipinski definition) is 2. The highest BCUT2D eigenvalue weighted by molar-refractivity contribution is 7.99. The Morgan fingerprint density at radius 2 is 2.35 bits per heavy atom. The second-order valence-corrected chi connectivity index (χ2v) is 6.79. The zero-order chi connectivity index (χ0) is 14.7. The van der Waals surface area contributed by atoms with Crippen molar-refractivity contribution in [3.63, 3.8) is 0 Å². The van der Waals surface area contributed by atoms with Crippen molar-refractivity contribution in [2.75, 3.05) is 25.1 Å². The number of likely N-dealkylation sites (N-methyl/N-ethyl adjacent to an activating group) is 1. The molecule has 0 bridgehead atoms. The number of rotatable bonds is 5. The Balaban J connectivity index is 2.17. The zero-order valence-electron chi connectivity index (χ0n) is 12.4. The van der Waals surface area contributed by atoms with Gasteiger partial charge in [-0.15, -0.1) is 0 Å². The molecule has 0 saturated carbocycles. The molecule has 0 spiro atoms. The first kappa shape index (κ1) is 16.1. The quantitative estimate of drug-likeness (QED) is 0.633. The smallest absolute Gasteiger partial charge is 0.0847 e. The molecule has 2 heterocycles. The predicted octanol–water partition coefficient (Wildman–Crippen LogP) is 1.29. The Bertz CT molecular complexity index is 450. The van der Waals surface area contributed by atoms with Gasteiger partial charge in [-0.1, -0.05) is 11.6 Å². The third-order valence-corrected chi connectivity index (χ3v) is 5.53. The number of aromatic nitrogens is 2. The average Bonchev–Trinajstić information content (AvgIpc) is 2.73. The standard InChI is InChI=1S/C13H24ClN5S/c1-4-19-11(13(14)9(2)17-19)7-10(16-15)12-8-20-6-5-18(12)3/h10,12,16H,4-8,15H2,1-3H3. The van der Waals surface area contributed by atoms with Gasteiger partial charge in [0.2, 0.25) is 0 Å². The van der Waals surface area contributed by atoms with Gasteiger partial charge in [0, 0.05) is 43.1 Å². The van der Waals surface area contributed by atoms with Gasteiger partial charge in [-0.05, 0) is 20.9 Å². The number of halogens is 1. The van der Waals surface area contributed by atoms with E-state index < -0.39 is 0 Å². The van der Waals surface area contributed by atoms with Gasteiger partial charge in [-0.2, -0.15) is 16.9 Å². The van der Waals surface area contributed by atoms with Gasteiger partial charge in [0.05, 0.1) is 16.4 Å². The molecule has 0 amide bonds. The highest BCUT2D eigenvalue weighted by Crippen LogP contribution is 2.25. The first-order valence-corrected chi connectivity index (χ1v) is 8.57. The Hall–Kier alpha value is -0.270. The lowest BCUT2D eigenvalue weighted by atomic mass is 10.0. The molecule has 0 radical (unpaired) electrons. The number of nitrogens with one attached hydrogen (secondary N) is 1. The molecule has 7 heteroatoms. The second kappa shape index (κ2) is 7.13. The van der Waals surface area contributed by atoms with Crippen molar-refractivity contribution in [1.82, 2.24) is 20.1 Å². The summed E-state index contributed by atoms with van der Waals surface area (Å²) in [6.07, 6.45) is 0.805. The Morgan fingerprint density at radius 3 is 2.95 bits per heavy atom. The SMILES string of the molecule is CCn1nc(C)c(Cl)c1CC(NN)C1CSCCN1C. The lowest BCUT2D eigenvalue weighted by Crippen LogP contribution is -2.55. The van der Waals surface area contributed by atoms with Gasteiger partial charge < -0.3 is 4.90 Å². The fourth-order valence-electron chi connectivity index (χ4n) is 2.71.